The zero-order valence-electron chi connectivity index (χ0n) is 16.1. The van der Waals surface area contributed by atoms with Crippen molar-refractivity contribution >= 4 is 15.7 Å². The molecule has 1 aliphatic heterocycles. The highest BCUT2D eigenvalue weighted by Gasteiger charge is 2.19. The molecule has 3 rings (SSSR count). The predicted molar refractivity (Wildman–Crippen MR) is 108 cm³/mol. The molecule has 7 heteroatoms. The number of benzene rings is 2. The van der Waals surface area contributed by atoms with Crippen LogP contribution < -0.4 is 14.4 Å². The highest BCUT2D eigenvalue weighted by Crippen LogP contribution is 2.25. The summed E-state index contributed by atoms with van der Waals surface area (Å²) < 4.78 is 33.2. The lowest BCUT2D eigenvalue weighted by atomic mass is 10.2. The van der Waals surface area contributed by atoms with Crippen LogP contribution in [0, 0.1) is 6.92 Å². The Balaban J connectivity index is 1.67. The third kappa shape index (κ3) is 4.80. The quantitative estimate of drug-likeness (QED) is 0.821. The van der Waals surface area contributed by atoms with E-state index >= 15 is 0 Å². The van der Waals surface area contributed by atoms with Crippen molar-refractivity contribution in [3.05, 3.63) is 53.6 Å². The second kappa shape index (κ2) is 8.29. The number of nitrogens with one attached hydrogen (secondary N) is 1. The van der Waals surface area contributed by atoms with Gasteiger partial charge in [-0.1, -0.05) is 18.2 Å². The van der Waals surface area contributed by atoms with Gasteiger partial charge in [0.05, 0.1) is 7.11 Å². The number of piperazine rings is 1. The summed E-state index contributed by atoms with van der Waals surface area (Å²) in [7, 11) is -0.0437. The Morgan fingerprint density at radius 2 is 1.70 bits per heavy atom. The number of methoxy groups -OCH3 is 1. The Kier molecular flexibility index (Phi) is 6.04. The van der Waals surface area contributed by atoms with Gasteiger partial charge >= 0.3 is 0 Å². The largest absolute Gasteiger partial charge is 0.495 e. The number of aryl methyl sites for hydroxylation is 1. The normalized spacial score (nSPS) is 15.7. The van der Waals surface area contributed by atoms with Crippen molar-refractivity contribution in [2.75, 3.05) is 45.2 Å². The highest BCUT2D eigenvalue weighted by atomic mass is 32.2. The summed E-state index contributed by atoms with van der Waals surface area (Å²) in [5, 5.41) is 0. The molecule has 0 aromatic heterocycles. The molecule has 0 atom stereocenters. The van der Waals surface area contributed by atoms with Crippen LogP contribution in [0.2, 0.25) is 0 Å². The van der Waals surface area contributed by atoms with E-state index in [-0.39, 0.29) is 11.4 Å². The van der Waals surface area contributed by atoms with E-state index in [1.807, 2.05) is 25.1 Å². The third-order valence-electron chi connectivity index (χ3n) is 4.88. The van der Waals surface area contributed by atoms with E-state index in [4.69, 9.17) is 4.74 Å². The zero-order chi connectivity index (χ0) is 19.4. The minimum atomic E-state index is -3.65. The van der Waals surface area contributed by atoms with Gasteiger partial charge < -0.3 is 14.5 Å². The van der Waals surface area contributed by atoms with Crippen LogP contribution in [0.3, 0.4) is 0 Å². The van der Waals surface area contributed by atoms with E-state index in [2.05, 4.69) is 33.7 Å². The number of rotatable bonds is 6. The first-order valence-corrected chi connectivity index (χ1v) is 10.5. The molecule has 0 saturated carbocycles. The summed E-state index contributed by atoms with van der Waals surface area (Å²) >= 11 is 0. The van der Waals surface area contributed by atoms with Crippen LogP contribution >= 0.6 is 0 Å². The first-order valence-electron chi connectivity index (χ1n) is 9.06. The second-order valence-electron chi connectivity index (χ2n) is 6.94. The first kappa shape index (κ1) is 19.7. The van der Waals surface area contributed by atoms with Crippen LogP contribution in [0.25, 0.3) is 0 Å². The molecule has 1 saturated heterocycles. The van der Waals surface area contributed by atoms with Gasteiger partial charge in [0.2, 0.25) is 10.0 Å². The van der Waals surface area contributed by atoms with E-state index in [0.29, 0.717) is 5.75 Å². The van der Waals surface area contributed by atoms with Crippen molar-refractivity contribution < 1.29 is 13.2 Å². The minimum Gasteiger partial charge on any atom is -0.495 e. The molecule has 0 bridgehead atoms. The van der Waals surface area contributed by atoms with Gasteiger partial charge in [-0.05, 0) is 49.4 Å². The van der Waals surface area contributed by atoms with Gasteiger partial charge in [-0.3, -0.25) is 0 Å². The number of nitrogens with zero attached hydrogens (tertiary/aromatic N) is 2. The van der Waals surface area contributed by atoms with Crippen LogP contribution in [0.5, 0.6) is 5.75 Å². The van der Waals surface area contributed by atoms with Crippen molar-refractivity contribution in [2.24, 2.45) is 0 Å². The Morgan fingerprint density at radius 1 is 1.04 bits per heavy atom. The molecule has 2 aromatic rings. The minimum absolute atomic E-state index is 0.166. The maximum absolute atomic E-state index is 12.7. The summed E-state index contributed by atoms with van der Waals surface area (Å²) in [6.45, 7) is 6.23. The van der Waals surface area contributed by atoms with E-state index in [9.17, 15) is 8.42 Å². The summed E-state index contributed by atoms with van der Waals surface area (Å²) in [4.78, 5) is 4.84. The van der Waals surface area contributed by atoms with Crippen molar-refractivity contribution in [1.82, 2.24) is 9.62 Å². The summed E-state index contributed by atoms with van der Waals surface area (Å²) in [6.07, 6.45) is 0. The fourth-order valence-electron chi connectivity index (χ4n) is 3.14. The van der Waals surface area contributed by atoms with E-state index in [0.717, 1.165) is 37.3 Å². The fourth-order valence-corrected chi connectivity index (χ4v) is 4.41. The molecule has 0 aliphatic carbocycles. The van der Waals surface area contributed by atoms with Gasteiger partial charge in [0, 0.05) is 38.4 Å². The molecule has 146 valence electrons. The van der Waals surface area contributed by atoms with Crippen molar-refractivity contribution in [3.8, 4) is 5.75 Å². The monoisotopic (exact) mass is 389 g/mol. The number of anilines is 1. The highest BCUT2D eigenvalue weighted by molar-refractivity contribution is 7.89. The van der Waals surface area contributed by atoms with Crippen LogP contribution in [-0.4, -0.2) is 53.7 Å². The molecule has 2 aromatic carbocycles. The van der Waals surface area contributed by atoms with Crippen LogP contribution in [-0.2, 0) is 16.6 Å². The SMILES string of the molecule is COc1ccc(C)cc1S(=O)(=O)NCc1ccc(N2CCN(C)CC2)cc1. The lowest BCUT2D eigenvalue weighted by Crippen LogP contribution is -2.44. The maximum Gasteiger partial charge on any atom is 0.244 e. The predicted octanol–water partition coefficient (Wildman–Crippen LogP) is 2.23. The number of likely N-dealkylation sites (N-methyl/N-ethyl adjacent to an activating group) is 1. The Labute approximate surface area is 161 Å². The van der Waals surface area contributed by atoms with Crippen LogP contribution in [0.4, 0.5) is 5.69 Å². The number of sulfonamides is 1. The van der Waals surface area contributed by atoms with Gasteiger partial charge in [-0.15, -0.1) is 0 Å². The van der Waals surface area contributed by atoms with Crippen molar-refractivity contribution in [1.29, 1.82) is 0 Å². The molecule has 6 nitrogen and oxygen atoms in total. The Hall–Kier alpha value is -2.09. The molecule has 1 heterocycles. The number of ether oxygens (including phenoxy) is 1. The molecule has 0 spiro atoms. The second-order valence-corrected chi connectivity index (χ2v) is 8.67. The first-order chi connectivity index (χ1) is 12.9. The summed E-state index contributed by atoms with van der Waals surface area (Å²) in [6, 6.07) is 13.2. The Morgan fingerprint density at radius 3 is 2.33 bits per heavy atom. The Bertz CT molecular complexity index is 874. The van der Waals surface area contributed by atoms with E-state index in [1.165, 1.54) is 12.8 Å². The van der Waals surface area contributed by atoms with Crippen LogP contribution in [0.1, 0.15) is 11.1 Å². The zero-order valence-corrected chi connectivity index (χ0v) is 16.9. The number of hydrogen-bond acceptors (Lipinski definition) is 5. The molecular formula is C20H27N3O3S. The molecule has 0 unspecified atom stereocenters. The molecule has 0 radical (unpaired) electrons. The molecular weight excluding hydrogens is 362 g/mol. The molecule has 27 heavy (non-hydrogen) atoms. The molecule has 1 fully saturated rings. The van der Waals surface area contributed by atoms with Crippen molar-refractivity contribution in [2.45, 2.75) is 18.4 Å². The van der Waals surface area contributed by atoms with Gasteiger partial charge in [0.25, 0.3) is 0 Å². The molecule has 0 amide bonds. The van der Waals surface area contributed by atoms with Gasteiger partial charge in [0.1, 0.15) is 10.6 Å². The van der Waals surface area contributed by atoms with Gasteiger partial charge in [0.15, 0.2) is 0 Å². The smallest absolute Gasteiger partial charge is 0.244 e. The van der Waals surface area contributed by atoms with Crippen molar-refractivity contribution in [3.63, 3.8) is 0 Å². The average Bonchev–Trinajstić information content (AvgIpc) is 2.67. The van der Waals surface area contributed by atoms with E-state index < -0.39 is 10.0 Å². The van der Waals surface area contributed by atoms with Gasteiger partial charge in [-0.2, -0.15) is 0 Å². The standard InChI is InChI=1S/C20H27N3O3S/c1-16-4-9-19(26-3)20(14-16)27(24,25)21-15-17-5-7-18(8-6-17)23-12-10-22(2)11-13-23/h4-9,14,21H,10-13,15H2,1-3H3. The summed E-state index contributed by atoms with van der Waals surface area (Å²) in [5.74, 6) is 0.346. The fraction of sp³-hybridized carbons (Fsp3) is 0.400. The van der Waals surface area contributed by atoms with E-state index in [1.54, 1.807) is 12.1 Å². The number of hydrogen-bond donors (Lipinski definition) is 1. The lowest BCUT2D eigenvalue weighted by molar-refractivity contribution is 0.313. The maximum atomic E-state index is 12.7. The molecule has 1 aliphatic rings. The molecule has 1 N–H and O–H groups in total. The summed E-state index contributed by atoms with van der Waals surface area (Å²) in [5.41, 5.74) is 2.96. The lowest BCUT2D eigenvalue weighted by Gasteiger charge is -2.34. The average molecular weight is 390 g/mol. The third-order valence-corrected chi connectivity index (χ3v) is 6.30. The van der Waals surface area contributed by atoms with Gasteiger partial charge in [-0.25, -0.2) is 13.1 Å². The topological polar surface area (TPSA) is 61.9 Å². The van der Waals surface area contributed by atoms with Crippen LogP contribution in [0.15, 0.2) is 47.4 Å².